The Morgan fingerprint density at radius 3 is 2.63 bits per heavy atom. The van der Waals surface area contributed by atoms with Crippen molar-refractivity contribution in [3.05, 3.63) is 35.5 Å². The highest BCUT2D eigenvalue weighted by Gasteiger charge is 2.52. The molecule has 3 N–H and O–H groups in total. The average molecular weight is 485 g/mol. The van der Waals surface area contributed by atoms with Gasteiger partial charge in [0.15, 0.2) is 0 Å². The molecule has 4 heteroatoms. The van der Waals surface area contributed by atoms with Gasteiger partial charge in [-0.2, -0.15) is 0 Å². The van der Waals surface area contributed by atoms with Gasteiger partial charge in [-0.3, -0.25) is 4.79 Å². The number of carbonyl (C=O) groups is 1. The van der Waals surface area contributed by atoms with E-state index < -0.39 is 12.2 Å². The number of ketones is 1. The maximum absolute atomic E-state index is 12.5. The maximum atomic E-state index is 12.5. The molecule has 0 aliphatic heterocycles. The molecule has 0 aromatic heterocycles. The Kier molecular flexibility index (Phi) is 8.15. The van der Waals surface area contributed by atoms with E-state index in [1.54, 1.807) is 0 Å². The topological polar surface area (TPSA) is 77.8 Å². The van der Waals surface area contributed by atoms with Crippen molar-refractivity contribution in [3.63, 3.8) is 0 Å². The van der Waals surface area contributed by atoms with E-state index in [9.17, 15) is 20.1 Å². The second kappa shape index (κ2) is 10.6. The standard InChI is InChI=1S/C31H48O4/c1-5-7-29(35)31(16-17-31)15-13-27(33)21(3)25-11-12-26-22(8-6-14-30(25,26)4)9-10-23-18-24(32)19-28(34)20(23)2/h9-10,21,24-28,32-34H,2,5-8,11-19H2,1,3-4H3/b22-9+,23-10-/t21-,24+,25+,26-,27+,28-,30+/m0/s1. The highest BCUT2D eigenvalue weighted by atomic mass is 16.3. The molecule has 0 aromatic carbocycles. The first-order valence-corrected chi connectivity index (χ1v) is 14.3. The van der Waals surface area contributed by atoms with Gasteiger partial charge in [0.2, 0.25) is 0 Å². The molecule has 4 aliphatic rings. The highest BCUT2D eigenvalue weighted by molar-refractivity contribution is 5.87. The summed E-state index contributed by atoms with van der Waals surface area (Å²) in [5, 5.41) is 31.5. The van der Waals surface area contributed by atoms with E-state index in [1.165, 1.54) is 24.8 Å². The van der Waals surface area contributed by atoms with E-state index >= 15 is 0 Å². The summed E-state index contributed by atoms with van der Waals surface area (Å²) in [6.45, 7) is 10.8. The zero-order valence-electron chi connectivity index (χ0n) is 22.3. The van der Waals surface area contributed by atoms with Gasteiger partial charge in [-0.05, 0) is 105 Å². The van der Waals surface area contributed by atoms with E-state index in [1.807, 2.05) is 0 Å². The number of rotatable bonds is 9. The van der Waals surface area contributed by atoms with Crippen LogP contribution in [0.5, 0.6) is 0 Å². The van der Waals surface area contributed by atoms with Crippen LogP contribution in [0, 0.1) is 28.6 Å². The second-order valence-electron chi connectivity index (χ2n) is 12.6. The Balaban J connectivity index is 1.42. The predicted molar refractivity (Wildman–Crippen MR) is 141 cm³/mol. The lowest BCUT2D eigenvalue weighted by Gasteiger charge is -2.45. The van der Waals surface area contributed by atoms with Crippen molar-refractivity contribution in [1.29, 1.82) is 0 Å². The Hall–Kier alpha value is -1.23. The third-order valence-corrected chi connectivity index (χ3v) is 10.4. The molecule has 0 amide bonds. The number of hydrogen-bond donors (Lipinski definition) is 3. The van der Waals surface area contributed by atoms with Crippen LogP contribution in [0.1, 0.15) is 104 Å². The molecule has 0 heterocycles. The van der Waals surface area contributed by atoms with Crippen LogP contribution in [0.2, 0.25) is 0 Å². The minimum Gasteiger partial charge on any atom is -0.393 e. The SMILES string of the molecule is C=C1/C(=C\C=C2/CCC[C@]3(C)[C@@H]([C@H](C)[C@H](O)CCC4(C(=O)CCC)CC4)CC[C@@H]23)C[C@@H](O)C[C@@H]1O. The van der Waals surface area contributed by atoms with Crippen molar-refractivity contribution in [3.8, 4) is 0 Å². The van der Waals surface area contributed by atoms with Gasteiger partial charge in [0.05, 0.1) is 18.3 Å². The number of aliphatic hydroxyl groups excluding tert-OH is 3. The average Bonchev–Trinajstić information content (AvgIpc) is 3.53. The molecule has 0 unspecified atom stereocenters. The van der Waals surface area contributed by atoms with Crippen molar-refractivity contribution in [1.82, 2.24) is 0 Å². The molecule has 0 saturated heterocycles. The molecular weight excluding hydrogens is 436 g/mol. The van der Waals surface area contributed by atoms with Crippen molar-refractivity contribution < 1.29 is 20.1 Å². The van der Waals surface area contributed by atoms with Gasteiger partial charge in [-0.25, -0.2) is 0 Å². The van der Waals surface area contributed by atoms with Crippen LogP contribution >= 0.6 is 0 Å². The molecule has 0 radical (unpaired) electrons. The number of allylic oxidation sites excluding steroid dienone is 3. The summed E-state index contributed by atoms with van der Waals surface area (Å²) in [5.41, 5.74) is 3.29. The van der Waals surface area contributed by atoms with E-state index in [2.05, 4.69) is 39.5 Å². The minimum absolute atomic E-state index is 0.114. The Morgan fingerprint density at radius 1 is 1.20 bits per heavy atom. The van der Waals surface area contributed by atoms with Crippen LogP contribution in [0.3, 0.4) is 0 Å². The molecule has 4 rings (SSSR count). The van der Waals surface area contributed by atoms with Gasteiger partial charge < -0.3 is 15.3 Å². The second-order valence-corrected chi connectivity index (χ2v) is 12.6. The van der Waals surface area contributed by atoms with Crippen LogP contribution in [0.25, 0.3) is 0 Å². The number of hydrogen-bond acceptors (Lipinski definition) is 4. The van der Waals surface area contributed by atoms with Crippen molar-refractivity contribution in [2.45, 2.75) is 123 Å². The van der Waals surface area contributed by atoms with Gasteiger partial charge in [0, 0.05) is 18.3 Å². The van der Waals surface area contributed by atoms with Gasteiger partial charge >= 0.3 is 0 Å². The minimum atomic E-state index is -0.648. The van der Waals surface area contributed by atoms with Crippen LogP contribution in [0.4, 0.5) is 0 Å². The van der Waals surface area contributed by atoms with Gasteiger partial charge in [0.25, 0.3) is 0 Å². The van der Waals surface area contributed by atoms with Crippen molar-refractivity contribution >= 4 is 5.78 Å². The number of fused-ring (bicyclic) bond motifs is 1. The Morgan fingerprint density at radius 2 is 1.94 bits per heavy atom. The van der Waals surface area contributed by atoms with E-state index in [0.717, 1.165) is 56.1 Å². The normalized spacial score (nSPS) is 38.4. The molecule has 0 aromatic rings. The number of Topliss-reactive ketones (excluding diaryl/α,β-unsaturated/α-hetero) is 1. The van der Waals surface area contributed by atoms with Crippen LogP contribution < -0.4 is 0 Å². The summed E-state index contributed by atoms with van der Waals surface area (Å²) < 4.78 is 0. The van der Waals surface area contributed by atoms with Crippen molar-refractivity contribution in [2.24, 2.45) is 28.6 Å². The van der Waals surface area contributed by atoms with Gasteiger partial charge in [0.1, 0.15) is 5.78 Å². The lowest BCUT2D eigenvalue weighted by Crippen LogP contribution is -2.39. The maximum Gasteiger partial charge on any atom is 0.139 e. The molecule has 35 heavy (non-hydrogen) atoms. The van der Waals surface area contributed by atoms with E-state index in [-0.39, 0.29) is 22.9 Å². The molecule has 7 atom stereocenters. The monoisotopic (exact) mass is 484 g/mol. The van der Waals surface area contributed by atoms with Crippen LogP contribution in [-0.2, 0) is 4.79 Å². The molecule has 0 spiro atoms. The van der Waals surface area contributed by atoms with Gasteiger partial charge in [-0.1, -0.05) is 45.1 Å². The highest BCUT2D eigenvalue weighted by Crippen LogP contribution is 2.60. The Bertz CT molecular complexity index is 865. The summed E-state index contributed by atoms with van der Waals surface area (Å²) in [4.78, 5) is 12.5. The fraction of sp³-hybridized carbons (Fsp3) is 0.774. The molecule has 4 nitrogen and oxygen atoms in total. The molecule has 4 fully saturated rings. The van der Waals surface area contributed by atoms with E-state index in [0.29, 0.717) is 36.9 Å². The first-order chi connectivity index (χ1) is 16.6. The summed E-state index contributed by atoms with van der Waals surface area (Å²) >= 11 is 0. The van der Waals surface area contributed by atoms with Crippen LogP contribution in [-0.4, -0.2) is 39.4 Å². The summed E-state index contributed by atoms with van der Waals surface area (Å²) in [6.07, 6.45) is 14.8. The lowest BCUT2D eigenvalue weighted by atomic mass is 9.60. The zero-order chi connectivity index (χ0) is 25.4. The fourth-order valence-corrected chi connectivity index (χ4v) is 7.87. The first-order valence-electron chi connectivity index (χ1n) is 14.3. The summed E-state index contributed by atoms with van der Waals surface area (Å²) in [5.74, 6) is 1.68. The summed E-state index contributed by atoms with van der Waals surface area (Å²) in [7, 11) is 0. The third kappa shape index (κ3) is 5.40. The van der Waals surface area contributed by atoms with Crippen molar-refractivity contribution in [2.75, 3.05) is 0 Å². The van der Waals surface area contributed by atoms with Gasteiger partial charge in [-0.15, -0.1) is 0 Å². The quantitative estimate of drug-likeness (QED) is 0.372. The zero-order valence-corrected chi connectivity index (χ0v) is 22.3. The summed E-state index contributed by atoms with van der Waals surface area (Å²) in [6, 6.07) is 0. The number of carbonyl (C=O) groups excluding carboxylic acids is 1. The molecular formula is C31H48O4. The first kappa shape index (κ1) is 26.8. The largest absolute Gasteiger partial charge is 0.393 e. The Labute approximate surface area is 212 Å². The van der Waals surface area contributed by atoms with E-state index in [4.69, 9.17) is 0 Å². The third-order valence-electron chi connectivity index (χ3n) is 10.4. The smallest absolute Gasteiger partial charge is 0.139 e. The molecule has 4 saturated carbocycles. The predicted octanol–water partition coefficient (Wildman–Crippen LogP) is 6.05. The molecule has 0 bridgehead atoms. The lowest BCUT2D eigenvalue weighted by molar-refractivity contribution is -0.124. The number of aliphatic hydroxyl groups is 3. The molecule has 4 aliphatic carbocycles. The van der Waals surface area contributed by atoms with Crippen LogP contribution in [0.15, 0.2) is 35.5 Å². The fourth-order valence-electron chi connectivity index (χ4n) is 7.87. The molecule has 196 valence electrons.